The highest BCUT2D eigenvalue weighted by Gasteiger charge is 2.17. The Bertz CT molecular complexity index is 766. The molecule has 0 aliphatic carbocycles. The number of aryl methyl sites for hydroxylation is 1. The van der Waals surface area contributed by atoms with Gasteiger partial charge in [0.05, 0.1) is 12.7 Å². The van der Waals surface area contributed by atoms with E-state index in [0.29, 0.717) is 0 Å². The van der Waals surface area contributed by atoms with E-state index in [2.05, 4.69) is 4.74 Å². The van der Waals surface area contributed by atoms with Gasteiger partial charge in [-0.15, -0.1) is 0 Å². The summed E-state index contributed by atoms with van der Waals surface area (Å²) >= 11 is -2.26. The molecule has 0 saturated heterocycles. The lowest BCUT2D eigenvalue weighted by Crippen LogP contribution is -2.25. The summed E-state index contributed by atoms with van der Waals surface area (Å²) in [5.74, 6) is -1.26. The predicted octanol–water partition coefficient (Wildman–Crippen LogP) is 3.06. The first-order valence-electron chi connectivity index (χ1n) is 7.19. The van der Waals surface area contributed by atoms with Crippen LogP contribution in [0.25, 0.3) is 0 Å². The maximum atomic E-state index is 14.2. The number of rotatable bonds is 6. The Morgan fingerprint density at radius 2 is 2.00 bits per heavy atom. The molecular formula is C17H18FNO4S. The molecule has 0 heterocycles. The van der Waals surface area contributed by atoms with Gasteiger partial charge < -0.3 is 4.74 Å². The number of ether oxygens (including phenoxy) is 1. The molecule has 24 heavy (non-hydrogen) atoms. The zero-order valence-corrected chi connectivity index (χ0v) is 14.2. The van der Waals surface area contributed by atoms with Crippen LogP contribution in [0, 0.1) is 12.7 Å². The van der Waals surface area contributed by atoms with Crippen molar-refractivity contribution in [2.75, 3.05) is 7.11 Å². The van der Waals surface area contributed by atoms with Crippen molar-refractivity contribution in [3.8, 4) is 0 Å². The minimum absolute atomic E-state index is 0.0651. The Balaban J connectivity index is 2.19. The van der Waals surface area contributed by atoms with Crippen LogP contribution in [0.15, 0.2) is 42.5 Å². The van der Waals surface area contributed by atoms with Crippen molar-refractivity contribution in [1.29, 1.82) is 0 Å². The fraction of sp³-hybridized carbons (Fsp3) is 0.235. The Morgan fingerprint density at radius 3 is 2.58 bits per heavy atom. The van der Waals surface area contributed by atoms with Crippen molar-refractivity contribution in [3.05, 3.63) is 70.5 Å². The molecule has 1 N–H and O–H groups in total. The molecule has 0 radical (unpaired) electrons. The number of benzene rings is 2. The number of hydrogen-bond acceptors (Lipinski definition) is 3. The molecule has 2 aromatic carbocycles. The summed E-state index contributed by atoms with van der Waals surface area (Å²) in [6.07, 6.45) is 0. The van der Waals surface area contributed by atoms with Crippen molar-refractivity contribution >= 4 is 17.2 Å². The third-order valence-electron chi connectivity index (χ3n) is 3.48. The second-order valence-electron chi connectivity index (χ2n) is 5.32. The summed E-state index contributed by atoms with van der Waals surface area (Å²) in [4.78, 5) is 11.4. The van der Waals surface area contributed by atoms with E-state index < -0.39 is 23.1 Å². The van der Waals surface area contributed by atoms with Gasteiger partial charge in [0.25, 0.3) is 0 Å². The Kier molecular flexibility index (Phi) is 6.19. The molecule has 0 aliphatic heterocycles. The Morgan fingerprint density at radius 1 is 1.25 bits per heavy atom. The average molecular weight is 351 g/mol. The standard InChI is InChI=1S/C17H18FNO4S/c1-12-4-3-5-13(8-12)10-19(24(21)22)11-15-7-6-14(9-16(15)18)17(20)23-2/h3-9H,10-11H2,1-2H3,(H,21,22). The minimum Gasteiger partial charge on any atom is -0.465 e. The molecule has 7 heteroatoms. The second-order valence-corrected chi connectivity index (χ2v) is 6.29. The molecular weight excluding hydrogens is 333 g/mol. The van der Waals surface area contributed by atoms with Gasteiger partial charge in [-0.2, -0.15) is 4.31 Å². The molecule has 0 spiro atoms. The molecule has 1 unspecified atom stereocenters. The lowest BCUT2D eigenvalue weighted by Gasteiger charge is -2.18. The average Bonchev–Trinajstić information content (AvgIpc) is 2.55. The number of methoxy groups -OCH3 is 1. The smallest absolute Gasteiger partial charge is 0.337 e. The van der Waals surface area contributed by atoms with Crippen LogP contribution >= 0.6 is 0 Å². The van der Waals surface area contributed by atoms with Gasteiger partial charge in [0, 0.05) is 18.7 Å². The predicted molar refractivity (Wildman–Crippen MR) is 88.9 cm³/mol. The van der Waals surface area contributed by atoms with E-state index >= 15 is 0 Å². The van der Waals surface area contributed by atoms with Crippen molar-refractivity contribution in [1.82, 2.24) is 4.31 Å². The zero-order chi connectivity index (χ0) is 17.7. The van der Waals surface area contributed by atoms with Crippen LogP contribution in [-0.2, 0) is 29.1 Å². The SMILES string of the molecule is COC(=O)c1ccc(CN(Cc2cccc(C)c2)S(=O)O)c(F)c1. The monoisotopic (exact) mass is 351 g/mol. The second kappa shape index (κ2) is 8.14. The Hall–Kier alpha value is -2.09. The van der Waals surface area contributed by atoms with E-state index in [1.165, 1.54) is 23.5 Å². The summed E-state index contributed by atoms with van der Waals surface area (Å²) < 4.78 is 41.0. The van der Waals surface area contributed by atoms with Gasteiger partial charge >= 0.3 is 5.97 Å². The van der Waals surface area contributed by atoms with Crippen molar-refractivity contribution in [2.24, 2.45) is 0 Å². The van der Waals surface area contributed by atoms with Gasteiger partial charge in [0.2, 0.25) is 11.3 Å². The lowest BCUT2D eigenvalue weighted by atomic mass is 10.1. The maximum Gasteiger partial charge on any atom is 0.337 e. The highest BCUT2D eigenvalue weighted by Crippen LogP contribution is 2.17. The molecule has 0 aliphatic rings. The number of halogens is 1. The van der Waals surface area contributed by atoms with E-state index in [9.17, 15) is 17.9 Å². The van der Waals surface area contributed by atoms with Gasteiger partial charge in [-0.1, -0.05) is 35.9 Å². The quantitative estimate of drug-likeness (QED) is 0.642. The number of hydrogen-bond donors (Lipinski definition) is 1. The van der Waals surface area contributed by atoms with Crippen LogP contribution in [0.5, 0.6) is 0 Å². The fourth-order valence-corrected chi connectivity index (χ4v) is 2.80. The molecule has 5 nitrogen and oxygen atoms in total. The molecule has 0 aromatic heterocycles. The van der Waals surface area contributed by atoms with Crippen molar-refractivity contribution in [3.63, 3.8) is 0 Å². The van der Waals surface area contributed by atoms with Crippen LogP contribution in [0.1, 0.15) is 27.0 Å². The molecule has 128 valence electrons. The third kappa shape index (κ3) is 4.70. The van der Waals surface area contributed by atoms with Gasteiger partial charge in [-0.3, -0.25) is 4.55 Å². The topological polar surface area (TPSA) is 66.8 Å². The number of nitrogens with zero attached hydrogens (tertiary/aromatic N) is 1. The molecule has 2 rings (SSSR count). The zero-order valence-electron chi connectivity index (χ0n) is 13.4. The van der Waals surface area contributed by atoms with E-state index in [4.69, 9.17) is 0 Å². The number of carbonyl (C=O) groups is 1. The van der Waals surface area contributed by atoms with Crippen molar-refractivity contribution in [2.45, 2.75) is 20.0 Å². The first-order chi connectivity index (χ1) is 11.4. The van der Waals surface area contributed by atoms with Crippen molar-refractivity contribution < 1.29 is 22.7 Å². The van der Waals surface area contributed by atoms with Gasteiger partial charge in [0.15, 0.2) is 0 Å². The van der Waals surface area contributed by atoms with Crippen LogP contribution < -0.4 is 0 Å². The van der Waals surface area contributed by atoms with E-state index in [1.807, 2.05) is 31.2 Å². The normalized spacial score (nSPS) is 12.2. The minimum atomic E-state index is -2.26. The first kappa shape index (κ1) is 18.3. The number of carbonyl (C=O) groups excluding carboxylic acids is 1. The molecule has 1 atom stereocenters. The lowest BCUT2D eigenvalue weighted by molar-refractivity contribution is 0.0600. The largest absolute Gasteiger partial charge is 0.465 e. The fourth-order valence-electron chi connectivity index (χ4n) is 2.29. The van der Waals surface area contributed by atoms with Crippen LogP contribution in [0.4, 0.5) is 4.39 Å². The maximum absolute atomic E-state index is 14.2. The molecule has 2 aromatic rings. The molecule has 0 bridgehead atoms. The van der Waals surface area contributed by atoms with E-state index in [1.54, 1.807) is 0 Å². The first-order valence-corrected chi connectivity index (χ1v) is 8.25. The summed E-state index contributed by atoms with van der Waals surface area (Å²) in [6.45, 7) is 2.06. The highest BCUT2D eigenvalue weighted by atomic mass is 32.2. The number of esters is 1. The van der Waals surface area contributed by atoms with Crippen LogP contribution in [-0.4, -0.2) is 26.1 Å². The molecule has 0 fully saturated rings. The third-order valence-corrected chi connectivity index (χ3v) is 4.18. The summed E-state index contributed by atoms with van der Waals surface area (Å²) in [6, 6.07) is 11.4. The highest BCUT2D eigenvalue weighted by molar-refractivity contribution is 7.76. The van der Waals surface area contributed by atoms with Crippen LogP contribution in [0.2, 0.25) is 0 Å². The van der Waals surface area contributed by atoms with Gasteiger partial charge in [-0.25, -0.2) is 13.4 Å². The molecule has 0 saturated carbocycles. The summed E-state index contributed by atoms with van der Waals surface area (Å²) in [7, 11) is 1.21. The van der Waals surface area contributed by atoms with Gasteiger partial charge in [-0.05, 0) is 24.6 Å². The van der Waals surface area contributed by atoms with E-state index in [-0.39, 0.29) is 24.2 Å². The summed E-state index contributed by atoms with van der Waals surface area (Å²) in [5, 5.41) is 0. The van der Waals surface area contributed by atoms with E-state index in [0.717, 1.165) is 17.2 Å². The summed E-state index contributed by atoms with van der Waals surface area (Å²) in [5.41, 5.74) is 2.19. The van der Waals surface area contributed by atoms with Crippen LogP contribution in [0.3, 0.4) is 0 Å². The Labute approximate surface area is 142 Å². The van der Waals surface area contributed by atoms with Gasteiger partial charge in [0.1, 0.15) is 5.82 Å². The molecule has 0 amide bonds.